The molecule has 21 heavy (non-hydrogen) atoms. The predicted octanol–water partition coefficient (Wildman–Crippen LogP) is 5.70. The van der Waals surface area contributed by atoms with Gasteiger partial charge in [-0.25, -0.2) is 4.39 Å². The van der Waals surface area contributed by atoms with Crippen molar-refractivity contribution in [3.63, 3.8) is 0 Å². The van der Waals surface area contributed by atoms with Gasteiger partial charge < -0.3 is 5.32 Å². The maximum atomic E-state index is 14.4. The van der Waals surface area contributed by atoms with Gasteiger partial charge in [0.05, 0.1) is 0 Å². The molecule has 1 nitrogen and oxygen atoms in total. The van der Waals surface area contributed by atoms with Gasteiger partial charge in [0.2, 0.25) is 0 Å². The van der Waals surface area contributed by atoms with E-state index in [1.165, 1.54) is 19.3 Å². The number of hydrogen-bond acceptors (Lipinski definition) is 1. The number of benzene rings is 1. The first-order chi connectivity index (χ1) is 10.0. The standard InChI is InChI=1S/C18H27BrFN/c1-4-7-21-18(14-9-12(2)8-13(3)10-14)16-6-5-15(19)11-17(16)20/h5-6,11-14,18,21H,4,7-10H2,1-3H3. The second-order valence-electron chi connectivity index (χ2n) is 6.78. The van der Waals surface area contributed by atoms with Gasteiger partial charge in [-0.05, 0) is 62.1 Å². The van der Waals surface area contributed by atoms with Gasteiger partial charge in [-0.3, -0.25) is 0 Å². The molecule has 0 amide bonds. The summed E-state index contributed by atoms with van der Waals surface area (Å²) < 4.78 is 15.2. The molecule has 0 spiro atoms. The highest BCUT2D eigenvalue weighted by atomic mass is 79.9. The van der Waals surface area contributed by atoms with Crippen molar-refractivity contribution in [2.24, 2.45) is 17.8 Å². The van der Waals surface area contributed by atoms with E-state index in [4.69, 9.17) is 0 Å². The second kappa shape index (κ2) is 7.73. The van der Waals surface area contributed by atoms with Crippen LogP contribution in [0.2, 0.25) is 0 Å². The van der Waals surface area contributed by atoms with Crippen LogP contribution in [0.1, 0.15) is 58.1 Å². The smallest absolute Gasteiger partial charge is 0.129 e. The van der Waals surface area contributed by atoms with Crippen molar-refractivity contribution in [2.45, 2.75) is 52.5 Å². The normalized spacial score (nSPS) is 27.6. The number of halogens is 2. The maximum absolute atomic E-state index is 14.4. The molecule has 118 valence electrons. The summed E-state index contributed by atoms with van der Waals surface area (Å²) in [7, 11) is 0. The lowest BCUT2D eigenvalue weighted by molar-refractivity contribution is 0.174. The zero-order valence-corrected chi connectivity index (χ0v) is 14.9. The molecule has 3 heteroatoms. The zero-order chi connectivity index (χ0) is 15.4. The Morgan fingerprint density at radius 2 is 1.90 bits per heavy atom. The topological polar surface area (TPSA) is 12.0 Å². The third kappa shape index (κ3) is 4.53. The van der Waals surface area contributed by atoms with Crippen LogP contribution in [0.25, 0.3) is 0 Å². The van der Waals surface area contributed by atoms with E-state index in [9.17, 15) is 4.39 Å². The average molecular weight is 356 g/mol. The minimum absolute atomic E-state index is 0.0937. The van der Waals surface area contributed by atoms with Crippen molar-refractivity contribution in [1.82, 2.24) is 5.32 Å². The molecule has 0 heterocycles. The molecule has 0 aromatic heterocycles. The largest absolute Gasteiger partial charge is 0.310 e. The Labute approximate surface area is 136 Å². The molecule has 1 aliphatic carbocycles. The summed E-state index contributed by atoms with van der Waals surface area (Å²) >= 11 is 3.35. The monoisotopic (exact) mass is 355 g/mol. The highest BCUT2D eigenvalue weighted by molar-refractivity contribution is 9.10. The van der Waals surface area contributed by atoms with Gasteiger partial charge in [-0.1, -0.05) is 42.8 Å². The van der Waals surface area contributed by atoms with Gasteiger partial charge in [0.15, 0.2) is 0 Å². The van der Waals surface area contributed by atoms with Crippen molar-refractivity contribution in [3.8, 4) is 0 Å². The minimum atomic E-state index is -0.0937. The van der Waals surface area contributed by atoms with Gasteiger partial charge in [0.1, 0.15) is 5.82 Å². The predicted molar refractivity (Wildman–Crippen MR) is 90.8 cm³/mol. The van der Waals surface area contributed by atoms with E-state index in [2.05, 4.69) is 42.0 Å². The molecular formula is C18H27BrFN. The summed E-state index contributed by atoms with van der Waals surface area (Å²) in [5, 5.41) is 3.60. The van der Waals surface area contributed by atoms with Crippen LogP contribution in [-0.4, -0.2) is 6.54 Å². The molecule has 2 rings (SSSR count). The third-order valence-electron chi connectivity index (χ3n) is 4.60. The minimum Gasteiger partial charge on any atom is -0.310 e. The molecule has 1 aromatic carbocycles. The molecule has 3 atom stereocenters. The Morgan fingerprint density at radius 1 is 1.24 bits per heavy atom. The van der Waals surface area contributed by atoms with Gasteiger partial charge in [-0.2, -0.15) is 0 Å². The summed E-state index contributed by atoms with van der Waals surface area (Å²) in [6.07, 6.45) is 4.77. The summed E-state index contributed by atoms with van der Waals surface area (Å²) in [5.74, 6) is 1.92. The third-order valence-corrected chi connectivity index (χ3v) is 5.09. The van der Waals surface area contributed by atoms with Gasteiger partial charge >= 0.3 is 0 Å². The lowest BCUT2D eigenvalue weighted by Crippen LogP contribution is -2.34. The number of rotatable bonds is 5. The molecule has 1 aromatic rings. The molecule has 0 bridgehead atoms. The van der Waals surface area contributed by atoms with E-state index in [1.807, 2.05) is 12.1 Å². The Balaban J connectivity index is 2.24. The number of hydrogen-bond donors (Lipinski definition) is 1. The Hall–Kier alpha value is -0.410. The maximum Gasteiger partial charge on any atom is 0.129 e. The van der Waals surface area contributed by atoms with Gasteiger partial charge in [-0.15, -0.1) is 0 Å². The highest BCUT2D eigenvalue weighted by Gasteiger charge is 2.31. The fourth-order valence-corrected chi connectivity index (χ4v) is 4.20. The van der Waals surface area contributed by atoms with Crippen LogP contribution in [-0.2, 0) is 0 Å². The van der Waals surface area contributed by atoms with E-state index in [1.54, 1.807) is 6.07 Å². The van der Waals surface area contributed by atoms with Crippen molar-refractivity contribution in [2.75, 3.05) is 6.54 Å². The van der Waals surface area contributed by atoms with Crippen molar-refractivity contribution < 1.29 is 4.39 Å². The number of nitrogens with one attached hydrogen (secondary N) is 1. The lowest BCUT2D eigenvalue weighted by atomic mass is 9.72. The van der Waals surface area contributed by atoms with Crippen LogP contribution >= 0.6 is 15.9 Å². The summed E-state index contributed by atoms with van der Waals surface area (Å²) in [6.45, 7) is 7.77. The van der Waals surface area contributed by atoms with Gasteiger partial charge in [0.25, 0.3) is 0 Å². The van der Waals surface area contributed by atoms with Crippen LogP contribution in [0, 0.1) is 23.6 Å². The molecule has 0 radical (unpaired) electrons. The van der Waals surface area contributed by atoms with Crippen LogP contribution in [0.3, 0.4) is 0 Å². The van der Waals surface area contributed by atoms with Crippen molar-refractivity contribution in [1.29, 1.82) is 0 Å². The Morgan fingerprint density at radius 3 is 2.48 bits per heavy atom. The lowest BCUT2D eigenvalue weighted by Gasteiger charge is -2.37. The van der Waals surface area contributed by atoms with E-state index in [0.717, 1.165) is 34.8 Å². The first kappa shape index (κ1) is 17.0. The quantitative estimate of drug-likeness (QED) is 0.713. The van der Waals surface area contributed by atoms with Crippen LogP contribution < -0.4 is 5.32 Å². The van der Waals surface area contributed by atoms with Crippen molar-refractivity contribution >= 4 is 15.9 Å². The molecule has 0 aliphatic heterocycles. The molecule has 1 aliphatic rings. The molecule has 3 unspecified atom stereocenters. The molecule has 0 saturated heterocycles. The zero-order valence-electron chi connectivity index (χ0n) is 13.3. The SMILES string of the molecule is CCCNC(c1ccc(Br)cc1F)C1CC(C)CC(C)C1. The van der Waals surface area contributed by atoms with Crippen LogP contribution in [0.4, 0.5) is 4.39 Å². The van der Waals surface area contributed by atoms with Crippen LogP contribution in [0.5, 0.6) is 0 Å². The van der Waals surface area contributed by atoms with Crippen LogP contribution in [0.15, 0.2) is 22.7 Å². The first-order valence-corrected chi connectivity index (χ1v) is 8.98. The fraction of sp³-hybridized carbons (Fsp3) is 0.667. The summed E-state index contributed by atoms with van der Waals surface area (Å²) in [5.41, 5.74) is 0.831. The van der Waals surface area contributed by atoms with Gasteiger partial charge in [0, 0.05) is 16.1 Å². The molecular weight excluding hydrogens is 329 g/mol. The second-order valence-corrected chi connectivity index (χ2v) is 7.69. The van der Waals surface area contributed by atoms with Crippen molar-refractivity contribution in [3.05, 3.63) is 34.1 Å². The molecule has 1 N–H and O–H groups in total. The van der Waals surface area contributed by atoms with E-state index in [0.29, 0.717) is 5.92 Å². The molecule has 1 fully saturated rings. The average Bonchev–Trinajstić information content (AvgIpc) is 2.40. The fourth-order valence-electron chi connectivity index (χ4n) is 3.87. The van der Waals surface area contributed by atoms with E-state index >= 15 is 0 Å². The first-order valence-electron chi connectivity index (χ1n) is 8.19. The molecule has 1 saturated carbocycles. The van der Waals surface area contributed by atoms with E-state index < -0.39 is 0 Å². The summed E-state index contributed by atoms with van der Waals surface area (Å²) in [6, 6.07) is 5.63. The highest BCUT2D eigenvalue weighted by Crippen LogP contribution is 2.40. The Kier molecular flexibility index (Phi) is 6.24. The summed E-state index contributed by atoms with van der Waals surface area (Å²) in [4.78, 5) is 0. The Bertz CT molecular complexity index is 453. The van der Waals surface area contributed by atoms with E-state index in [-0.39, 0.29) is 11.9 Å².